The fraction of sp³-hybridized carbons (Fsp3) is 0.188. The summed E-state index contributed by atoms with van der Waals surface area (Å²) < 4.78 is 0. The number of rotatable bonds is 4. The molecule has 1 atom stereocenters. The molecule has 0 aromatic heterocycles. The number of hydrogen-bond acceptors (Lipinski definition) is 3. The van der Waals surface area contributed by atoms with Crippen molar-refractivity contribution in [2.45, 2.75) is 21.5 Å². The van der Waals surface area contributed by atoms with Gasteiger partial charge in [0.25, 0.3) is 0 Å². The molecular weight excluding hydrogens is 288 g/mol. The second-order valence-electron chi connectivity index (χ2n) is 4.69. The van der Waals surface area contributed by atoms with E-state index in [1.54, 1.807) is 23.9 Å². The normalized spacial score (nSPS) is 16.9. The molecule has 0 aliphatic carbocycles. The van der Waals surface area contributed by atoms with Crippen LogP contribution < -0.4 is 0 Å². The predicted molar refractivity (Wildman–Crippen MR) is 83.9 cm³/mol. The van der Waals surface area contributed by atoms with Crippen molar-refractivity contribution in [1.82, 2.24) is 0 Å². The molecule has 2 aromatic carbocycles. The van der Waals surface area contributed by atoms with Gasteiger partial charge in [-0.2, -0.15) is 0 Å². The van der Waals surface area contributed by atoms with Crippen LogP contribution in [0.1, 0.15) is 15.9 Å². The molecule has 1 unspecified atom stereocenters. The van der Waals surface area contributed by atoms with Crippen LogP contribution in [0.15, 0.2) is 58.3 Å². The summed E-state index contributed by atoms with van der Waals surface area (Å²) in [6, 6.07) is 15.7. The van der Waals surface area contributed by atoms with Crippen molar-refractivity contribution >= 4 is 29.5 Å². The highest BCUT2D eigenvalue weighted by Gasteiger charge is 2.21. The minimum atomic E-state index is -0.872. The second-order valence-corrected chi connectivity index (χ2v) is 7.13. The molecule has 4 heteroatoms. The maximum atomic E-state index is 10.8. The van der Waals surface area contributed by atoms with Gasteiger partial charge in [0, 0.05) is 20.8 Å². The van der Waals surface area contributed by atoms with Crippen molar-refractivity contribution in [1.29, 1.82) is 0 Å². The van der Waals surface area contributed by atoms with Gasteiger partial charge in [-0.05, 0) is 42.3 Å². The molecule has 0 spiro atoms. The zero-order chi connectivity index (χ0) is 13.9. The molecule has 0 fully saturated rings. The summed E-state index contributed by atoms with van der Waals surface area (Å²) in [5, 5.41) is 9.48. The number of hydrogen-bond donors (Lipinski definition) is 1. The largest absolute Gasteiger partial charge is 0.478 e. The Morgan fingerprint density at radius 1 is 1.20 bits per heavy atom. The van der Waals surface area contributed by atoms with Crippen LogP contribution in [0.5, 0.6) is 0 Å². The van der Waals surface area contributed by atoms with Crippen molar-refractivity contribution in [2.24, 2.45) is 0 Å². The Bertz CT molecular complexity index is 598. The zero-order valence-corrected chi connectivity index (χ0v) is 12.4. The molecule has 3 rings (SSSR count). The lowest BCUT2D eigenvalue weighted by atomic mass is 10.1. The molecule has 1 aliphatic rings. The van der Waals surface area contributed by atoms with E-state index in [9.17, 15) is 4.79 Å². The van der Waals surface area contributed by atoms with E-state index in [2.05, 4.69) is 24.3 Å². The third kappa shape index (κ3) is 3.02. The molecule has 1 N–H and O–H groups in total. The first-order chi connectivity index (χ1) is 9.72. The number of benzene rings is 2. The highest BCUT2D eigenvalue weighted by molar-refractivity contribution is 8.03. The third-order valence-electron chi connectivity index (χ3n) is 3.25. The summed E-state index contributed by atoms with van der Waals surface area (Å²) in [5.74, 6) is 0.175. The fourth-order valence-electron chi connectivity index (χ4n) is 2.23. The molecule has 0 radical (unpaired) electrons. The fourth-order valence-corrected chi connectivity index (χ4v) is 4.61. The summed E-state index contributed by atoms with van der Waals surface area (Å²) >= 11 is 3.74. The van der Waals surface area contributed by atoms with Crippen molar-refractivity contribution in [3.8, 4) is 0 Å². The van der Waals surface area contributed by atoms with Crippen LogP contribution >= 0.6 is 23.5 Å². The Hall–Kier alpha value is -1.39. The van der Waals surface area contributed by atoms with E-state index < -0.39 is 5.97 Å². The van der Waals surface area contributed by atoms with E-state index in [1.165, 1.54) is 10.5 Å². The summed E-state index contributed by atoms with van der Waals surface area (Å²) in [4.78, 5) is 13.3. The molecule has 2 aromatic rings. The van der Waals surface area contributed by atoms with Crippen LogP contribution in [0.2, 0.25) is 0 Å². The van der Waals surface area contributed by atoms with Crippen molar-refractivity contribution in [3.63, 3.8) is 0 Å². The van der Waals surface area contributed by atoms with Gasteiger partial charge in [-0.25, -0.2) is 4.79 Å². The Morgan fingerprint density at radius 2 is 1.95 bits per heavy atom. The van der Waals surface area contributed by atoms with E-state index in [-0.39, 0.29) is 0 Å². The zero-order valence-electron chi connectivity index (χ0n) is 10.8. The molecule has 0 saturated carbocycles. The van der Waals surface area contributed by atoms with Gasteiger partial charge in [0.1, 0.15) is 0 Å². The predicted octanol–water partition coefficient (Wildman–Crippen LogP) is 4.19. The van der Waals surface area contributed by atoms with Crippen LogP contribution in [0.4, 0.5) is 0 Å². The number of carbonyl (C=O) groups is 1. The Kier molecular flexibility index (Phi) is 4.03. The Labute approximate surface area is 126 Å². The van der Waals surface area contributed by atoms with Crippen molar-refractivity contribution in [3.05, 3.63) is 59.7 Å². The average molecular weight is 302 g/mol. The molecule has 2 nitrogen and oxygen atoms in total. The van der Waals surface area contributed by atoms with Gasteiger partial charge in [0.05, 0.1) is 5.56 Å². The van der Waals surface area contributed by atoms with E-state index in [1.807, 2.05) is 23.9 Å². The minimum Gasteiger partial charge on any atom is -0.478 e. The number of aromatic carboxylic acids is 1. The Morgan fingerprint density at radius 3 is 2.65 bits per heavy atom. The van der Waals surface area contributed by atoms with Crippen molar-refractivity contribution in [2.75, 3.05) is 5.75 Å². The van der Waals surface area contributed by atoms with Gasteiger partial charge in [0.15, 0.2) is 0 Å². The van der Waals surface area contributed by atoms with Gasteiger partial charge >= 0.3 is 5.97 Å². The molecule has 0 bridgehead atoms. The maximum Gasteiger partial charge on any atom is 0.335 e. The molecule has 1 heterocycles. The van der Waals surface area contributed by atoms with Gasteiger partial charge in [-0.1, -0.05) is 18.2 Å². The van der Waals surface area contributed by atoms with E-state index in [0.29, 0.717) is 10.8 Å². The van der Waals surface area contributed by atoms with Gasteiger partial charge < -0.3 is 5.11 Å². The monoisotopic (exact) mass is 302 g/mol. The highest BCUT2D eigenvalue weighted by atomic mass is 32.2. The topological polar surface area (TPSA) is 37.3 Å². The molecular formula is C16H14O2S2. The summed E-state index contributed by atoms with van der Waals surface area (Å²) in [6.45, 7) is 0. The molecule has 0 saturated heterocycles. The van der Waals surface area contributed by atoms with Crippen LogP contribution in [0, 0.1) is 0 Å². The summed E-state index contributed by atoms with van der Waals surface area (Å²) in [7, 11) is 0. The first kappa shape index (κ1) is 13.6. The maximum absolute atomic E-state index is 10.8. The van der Waals surface area contributed by atoms with Crippen molar-refractivity contribution < 1.29 is 9.90 Å². The Balaban J connectivity index is 1.57. The number of carboxylic acid groups (broad SMARTS) is 1. The number of fused-ring (bicyclic) bond motifs is 1. The van der Waals surface area contributed by atoms with Gasteiger partial charge in [0.2, 0.25) is 0 Å². The van der Waals surface area contributed by atoms with Crippen LogP contribution in [-0.2, 0) is 6.42 Å². The third-order valence-corrected chi connectivity index (χ3v) is 5.96. The van der Waals surface area contributed by atoms with E-state index in [0.717, 1.165) is 17.1 Å². The standard InChI is InChI=1S/C16H14O2S2/c17-16(18)11-5-7-13(8-6-11)19-10-14-9-12-3-1-2-4-15(12)20-14/h1-8,14H,9-10H2,(H,17,18). The van der Waals surface area contributed by atoms with Crippen LogP contribution in [-0.4, -0.2) is 22.1 Å². The number of carboxylic acids is 1. The second kappa shape index (κ2) is 5.94. The van der Waals surface area contributed by atoms with Gasteiger partial charge in [-0.3, -0.25) is 0 Å². The molecule has 0 amide bonds. The first-order valence-corrected chi connectivity index (χ1v) is 8.29. The minimum absolute atomic E-state index is 0.344. The molecule has 20 heavy (non-hydrogen) atoms. The average Bonchev–Trinajstić information content (AvgIpc) is 2.88. The lowest BCUT2D eigenvalue weighted by Gasteiger charge is -2.08. The van der Waals surface area contributed by atoms with Gasteiger partial charge in [-0.15, -0.1) is 23.5 Å². The molecule has 1 aliphatic heterocycles. The molecule has 102 valence electrons. The van der Waals surface area contributed by atoms with Crippen LogP contribution in [0.25, 0.3) is 0 Å². The quantitative estimate of drug-likeness (QED) is 0.859. The SMILES string of the molecule is O=C(O)c1ccc(SCC2Cc3ccccc3S2)cc1. The summed E-state index contributed by atoms with van der Waals surface area (Å²) in [5.41, 5.74) is 1.79. The highest BCUT2D eigenvalue weighted by Crippen LogP contribution is 2.39. The lowest BCUT2D eigenvalue weighted by Crippen LogP contribution is -2.04. The first-order valence-electron chi connectivity index (χ1n) is 6.43. The van der Waals surface area contributed by atoms with E-state index >= 15 is 0 Å². The smallest absolute Gasteiger partial charge is 0.335 e. The van der Waals surface area contributed by atoms with E-state index in [4.69, 9.17) is 5.11 Å². The lowest BCUT2D eigenvalue weighted by molar-refractivity contribution is 0.0697. The van der Waals surface area contributed by atoms with Crippen LogP contribution in [0.3, 0.4) is 0 Å². The number of thioether (sulfide) groups is 2. The summed E-state index contributed by atoms with van der Waals surface area (Å²) in [6.07, 6.45) is 1.13.